The number of carbonyl (C=O) groups excluding carboxylic acids is 1. The molecule has 0 unspecified atom stereocenters. The molecule has 1 aliphatic rings. The summed E-state index contributed by atoms with van der Waals surface area (Å²) in [6.07, 6.45) is 4.28. The Morgan fingerprint density at radius 1 is 1.03 bits per heavy atom. The largest absolute Gasteiger partial charge is 0.367 e. The van der Waals surface area contributed by atoms with E-state index < -0.39 is 55.2 Å². The maximum absolute atomic E-state index is 15.3. The Morgan fingerprint density at radius 3 is 2.51 bits per heavy atom. The number of hydrogen-bond acceptors (Lipinski definition) is 6. The van der Waals surface area contributed by atoms with Crippen molar-refractivity contribution in [3.63, 3.8) is 0 Å². The van der Waals surface area contributed by atoms with Crippen LogP contribution in [0.15, 0.2) is 47.8 Å². The van der Waals surface area contributed by atoms with Crippen molar-refractivity contribution in [2.75, 3.05) is 10.0 Å². The van der Waals surface area contributed by atoms with Crippen molar-refractivity contribution in [3.8, 4) is 0 Å². The highest BCUT2D eigenvalue weighted by atomic mass is 32.2. The number of nitrogens with one attached hydrogen (secondary N) is 3. The van der Waals surface area contributed by atoms with Crippen LogP contribution in [0, 0.1) is 23.3 Å². The maximum Gasteiger partial charge on any atom is 0.265 e. The second kappa shape index (κ2) is 8.34. The lowest BCUT2D eigenvalue weighted by molar-refractivity contribution is 0.103. The molecular weight excluding hydrogens is 490 g/mol. The number of anilines is 2. The van der Waals surface area contributed by atoms with E-state index in [0.717, 1.165) is 18.9 Å². The number of H-pyrrole nitrogens is 1. The van der Waals surface area contributed by atoms with Gasteiger partial charge >= 0.3 is 0 Å². The van der Waals surface area contributed by atoms with Gasteiger partial charge in [-0.25, -0.2) is 35.9 Å². The summed E-state index contributed by atoms with van der Waals surface area (Å²) in [6, 6.07) is 3.28. The minimum atomic E-state index is -4.82. The third-order valence-electron chi connectivity index (χ3n) is 5.38. The first kappa shape index (κ1) is 22.8. The summed E-state index contributed by atoms with van der Waals surface area (Å²) in [5.74, 6) is -5.90. The van der Waals surface area contributed by atoms with Crippen molar-refractivity contribution in [1.82, 2.24) is 15.0 Å². The fraction of sp³-hybridized carbons (Fsp3) is 0.136. The number of aromatic amines is 1. The predicted octanol–water partition coefficient (Wildman–Crippen LogP) is 4.12. The molecule has 0 spiro atoms. The first-order valence-electron chi connectivity index (χ1n) is 10.2. The molecule has 1 aliphatic carbocycles. The molecule has 13 heteroatoms. The number of sulfonamides is 1. The Bertz CT molecular complexity index is 1600. The van der Waals surface area contributed by atoms with Crippen LogP contribution in [0.2, 0.25) is 0 Å². The lowest BCUT2D eigenvalue weighted by atomic mass is 10.0. The van der Waals surface area contributed by atoms with Gasteiger partial charge in [-0.15, -0.1) is 0 Å². The van der Waals surface area contributed by atoms with E-state index in [0.29, 0.717) is 30.1 Å². The zero-order valence-electron chi connectivity index (χ0n) is 17.6. The van der Waals surface area contributed by atoms with E-state index in [4.69, 9.17) is 0 Å². The minimum Gasteiger partial charge on any atom is -0.367 e. The molecule has 0 amide bonds. The fourth-order valence-corrected chi connectivity index (χ4v) is 4.68. The average Bonchev–Trinajstić information content (AvgIpc) is 3.52. The van der Waals surface area contributed by atoms with Crippen LogP contribution in [0.3, 0.4) is 0 Å². The maximum atomic E-state index is 15.3. The molecule has 2 heterocycles. The molecular formula is C22H15F4N5O3S. The number of nitrogens with zero attached hydrogens (tertiary/aromatic N) is 2. The van der Waals surface area contributed by atoms with Gasteiger partial charge in [-0.3, -0.25) is 9.52 Å². The standard InChI is InChI=1S/C22H15F4N5O3S/c23-10-1-4-13(24)16(7-10)35(33,34)31-15-6-5-14(25)18(19(15)26)20(32)12-8-27-21-17(12)22(29-9-28-21)30-11-2-3-11/h1,4-9,11,31H,2-3H2,(H2,27,28,29,30). The van der Waals surface area contributed by atoms with Gasteiger partial charge in [0, 0.05) is 12.2 Å². The first-order valence-corrected chi connectivity index (χ1v) is 11.7. The van der Waals surface area contributed by atoms with Gasteiger partial charge in [-0.2, -0.15) is 0 Å². The highest BCUT2D eigenvalue weighted by Gasteiger charge is 2.29. The first-order chi connectivity index (χ1) is 16.7. The minimum absolute atomic E-state index is 0.141. The highest BCUT2D eigenvalue weighted by Crippen LogP contribution is 2.32. The third-order valence-corrected chi connectivity index (χ3v) is 6.76. The van der Waals surface area contributed by atoms with Gasteiger partial charge < -0.3 is 10.3 Å². The van der Waals surface area contributed by atoms with Gasteiger partial charge in [0.1, 0.15) is 40.1 Å². The lowest BCUT2D eigenvalue weighted by Crippen LogP contribution is -2.18. The molecule has 2 aromatic carbocycles. The lowest BCUT2D eigenvalue weighted by Gasteiger charge is -2.13. The van der Waals surface area contributed by atoms with Crippen LogP contribution in [-0.2, 0) is 10.0 Å². The molecule has 180 valence electrons. The van der Waals surface area contributed by atoms with E-state index in [9.17, 15) is 26.4 Å². The topological polar surface area (TPSA) is 117 Å². The second-order valence-electron chi connectivity index (χ2n) is 7.86. The molecule has 35 heavy (non-hydrogen) atoms. The van der Waals surface area contributed by atoms with Crippen molar-refractivity contribution >= 4 is 38.3 Å². The Labute approximate surface area is 195 Å². The second-order valence-corrected chi connectivity index (χ2v) is 9.51. The van der Waals surface area contributed by atoms with Gasteiger partial charge in [0.05, 0.1) is 22.2 Å². The molecule has 0 saturated heterocycles. The van der Waals surface area contributed by atoms with Gasteiger partial charge in [0.15, 0.2) is 5.82 Å². The van der Waals surface area contributed by atoms with E-state index in [1.165, 1.54) is 12.5 Å². The van der Waals surface area contributed by atoms with E-state index >= 15 is 4.39 Å². The molecule has 0 bridgehead atoms. The van der Waals surface area contributed by atoms with E-state index in [2.05, 4.69) is 20.3 Å². The van der Waals surface area contributed by atoms with Crippen molar-refractivity contribution in [2.45, 2.75) is 23.8 Å². The summed E-state index contributed by atoms with van der Waals surface area (Å²) in [6.45, 7) is 0. The number of rotatable bonds is 7. The molecule has 1 saturated carbocycles. The average molecular weight is 505 g/mol. The van der Waals surface area contributed by atoms with Crippen molar-refractivity contribution in [1.29, 1.82) is 0 Å². The Morgan fingerprint density at radius 2 is 1.77 bits per heavy atom. The zero-order chi connectivity index (χ0) is 24.9. The molecule has 0 atom stereocenters. The molecule has 4 aromatic rings. The summed E-state index contributed by atoms with van der Waals surface area (Å²) in [7, 11) is -4.82. The number of carbonyl (C=O) groups is 1. The SMILES string of the molecule is O=C(c1c(F)ccc(NS(=O)(=O)c2cc(F)ccc2F)c1F)c1c[nH]c2ncnc(NC3CC3)c12. The zero-order valence-corrected chi connectivity index (χ0v) is 18.4. The van der Waals surface area contributed by atoms with Crippen LogP contribution >= 0.6 is 0 Å². The van der Waals surface area contributed by atoms with Gasteiger partial charge in [-0.1, -0.05) is 0 Å². The Kier molecular flexibility index (Phi) is 5.43. The molecule has 3 N–H and O–H groups in total. The van der Waals surface area contributed by atoms with Crippen LogP contribution in [0.4, 0.5) is 29.1 Å². The fourth-order valence-electron chi connectivity index (χ4n) is 3.53. The number of ketones is 1. The summed E-state index contributed by atoms with van der Waals surface area (Å²) < 4.78 is 84.3. The summed E-state index contributed by atoms with van der Waals surface area (Å²) in [4.78, 5) is 23.0. The van der Waals surface area contributed by atoms with Crippen molar-refractivity contribution < 1.29 is 30.8 Å². The Balaban J connectivity index is 1.56. The van der Waals surface area contributed by atoms with Gasteiger partial charge in [-0.05, 0) is 43.2 Å². The molecule has 5 rings (SSSR count). The molecule has 0 aliphatic heterocycles. The van der Waals surface area contributed by atoms with Crippen LogP contribution in [0.25, 0.3) is 11.0 Å². The number of aromatic nitrogens is 3. The quantitative estimate of drug-likeness (QED) is 0.257. The van der Waals surface area contributed by atoms with Crippen molar-refractivity contribution in [2.24, 2.45) is 0 Å². The number of halogens is 4. The molecule has 8 nitrogen and oxygen atoms in total. The van der Waals surface area contributed by atoms with Crippen LogP contribution in [0.1, 0.15) is 28.8 Å². The van der Waals surface area contributed by atoms with Crippen LogP contribution in [-0.4, -0.2) is 35.2 Å². The number of benzene rings is 2. The third kappa shape index (κ3) is 4.18. The van der Waals surface area contributed by atoms with Gasteiger partial charge in [0.25, 0.3) is 10.0 Å². The summed E-state index contributed by atoms with van der Waals surface area (Å²) in [5.41, 5.74) is -1.76. The van der Waals surface area contributed by atoms with E-state index in [1.54, 1.807) is 4.72 Å². The van der Waals surface area contributed by atoms with E-state index in [-0.39, 0.29) is 22.6 Å². The number of hydrogen-bond donors (Lipinski definition) is 3. The summed E-state index contributed by atoms with van der Waals surface area (Å²) >= 11 is 0. The highest BCUT2D eigenvalue weighted by molar-refractivity contribution is 7.92. The predicted molar refractivity (Wildman–Crippen MR) is 117 cm³/mol. The van der Waals surface area contributed by atoms with Crippen LogP contribution in [0.5, 0.6) is 0 Å². The number of fused-ring (bicyclic) bond motifs is 1. The monoisotopic (exact) mass is 505 g/mol. The van der Waals surface area contributed by atoms with E-state index in [1.807, 2.05) is 0 Å². The normalized spacial score (nSPS) is 13.7. The van der Waals surface area contributed by atoms with Gasteiger partial charge in [0.2, 0.25) is 5.78 Å². The molecule has 1 fully saturated rings. The summed E-state index contributed by atoms with van der Waals surface area (Å²) in [5, 5.41) is 3.34. The van der Waals surface area contributed by atoms with Crippen molar-refractivity contribution in [3.05, 3.63) is 77.3 Å². The Hall–Kier alpha value is -4.00. The van der Waals surface area contributed by atoms with Crippen LogP contribution < -0.4 is 10.0 Å². The molecule has 2 aromatic heterocycles. The smallest absolute Gasteiger partial charge is 0.265 e. The molecule has 0 radical (unpaired) electrons.